The van der Waals surface area contributed by atoms with Crippen LogP contribution in [0, 0.1) is 0 Å². The highest BCUT2D eigenvalue weighted by Gasteiger charge is 1.99. The van der Waals surface area contributed by atoms with Crippen LogP contribution in [0.1, 0.15) is 6.92 Å². The van der Waals surface area contributed by atoms with Gasteiger partial charge >= 0.3 is 0 Å². The van der Waals surface area contributed by atoms with Crippen LogP contribution in [-0.4, -0.2) is 14.7 Å². The molecule has 0 fully saturated rings. The predicted molar refractivity (Wildman–Crippen MR) is 53.3 cm³/mol. The number of nitrogens with zero attached hydrogens (tertiary/aromatic N) is 2. The van der Waals surface area contributed by atoms with Gasteiger partial charge in [0.05, 0.1) is 11.0 Å². The van der Waals surface area contributed by atoms with Crippen molar-refractivity contribution in [1.29, 1.82) is 0 Å². The smallest absolute Gasteiger partial charge is 0.106 e. The highest BCUT2D eigenvalue weighted by atomic mass is 32.2. The minimum atomic E-state index is 1.07. The summed E-state index contributed by atoms with van der Waals surface area (Å²) < 4.78 is 2.11. The Balaban J connectivity index is 2.55. The molecule has 0 saturated heterocycles. The maximum atomic E-state index is 4.28. The first kappa shape index (κ1) is 7.68. The number of benzene rings is 1. The molecule has 0 unspecified atom stereocenters. The van der Waals surface area contributed by atoms with Crippen LogP contribution in [0.2, 0.25) is 0 Å². The van der Waals surface area contributed by atoms with Gasteiger partial charge in [-0.1, -0.05) is 19.1 Å². The molecule has 0 atom stereocenters. The lowest BCUT2D eigenvalue weighted by Gasteiger charge is -1.97. The molecule has 0 aliphatic heterocycles. The highest BCUT2D eigenvalue weighted by molar-refractivity contribution is 7.97. The third kappa shape index (κ3) is 1.20. The molecule has 2 rings (SSSR count). The molecular formula is C9H10N2S. The zero-order valence-corrected chi connectivity index (χ0v) is 7.71. The van der Waals surface area contributed by atoms with Crippen LogP contribution >= 0.6 is 11.9 Å². The van der Waals surface area contributed by atoms with E-state index in [0.717, 1.165) is 11.3 Å². The summed E-state index contributed by atoms with van der Waals surface area (Å²) in [4.78, 5) is 4.28. The Hall–Kier alpha value is -0.960. The average molecular weight is 178 g/mol. The van der Waals surface area contributed by atoms with Gasteiger partial charge in [0.25, 0.3) is 0 Å². The molecule has 1 aromatic heterocycles. The quantitative estimate of drug-likeness (QED) is 0.703. The van der Waals surface area contributed by atoms with Gasteiger partial charge in [-0.15, -0.1) is 0 Å². The summed E-state index contributed by atoms with van der Waals surface area (Å²) in [5.74, 6) is 1.07. The molecule has 12 heavy (non-hydrogen) atoms. The van der Waals surface area contributed by atoms with Gasteiger partial charge in [0, 0.05) is 5.75 Å². The van der Waals surface area contributed by atoms with E-state index in [4.69, 9.17) is 0 Å². The molecule has 0 radical (unpaired) electrons. The van der Waals surface area contributed by atoms with Crippen LogP contribution < -0.4 is 0 Å². The van der Waals surface area contributed by atoms with E-state index in [9.17, 15) is 0 Å². The summed E-state index contributed by atoms with van der Waals surface area (Å²) in [7, 11) is 0. The number of para-hydroxylation sites is 2. The van der Waals surface area contributed by atoms with E-state index in [1.807, 2.05) is 24.5 Å². The van der Waals surface area contributed by atoms with E-state index in [-0.39, 0.29) is 0 Å². The third-order valence-corrected chi connectivity index (χ3v) is 2.52. The van der Waals surface area contributed by atoms with Crippen molar-refractivity contribution in [2.45, 2.75) is 6.92 Å². The molecule has 0 N–H and O–H groups in total. The van der Waals surface area contributed by atoms with Crippen LogP contribution in [0.3, 0.4) is 0 Å². The number of rotatable bonds is 2. The largest absolute Gasteiger partial charge is 0.272 e. The fraction of sp³-hybridized carbons (Fsp3) is 0.222. The second-order valence-corrected chi connectivity index (χ2v) is 3.71. The van der Waals surface area contributed by atoms with Gasteiger partial charge in [-0.2, -0.15) is 0 Å². The standard InChI is InChI=1S/C9H10N2S/c1-2-12-11-7-10-8-5-3-4-6-9(8)11/h3-7H,2H2,1H3. The van der Waals surface area contributed by atoms with Crippen molar-refractivity contribution in [2.75, 3.05) is 5.75 Å². The van der Waals surface area contributed by atoms with Crippen LogP contribution in [0.15, 0.2) is 30.6 Å². The topological polar surface area (TPSA) is 17.8 Å². The zero-order chi connectivity index (χ0) is 8.39. The van der Waals surface area contributed by atoms with Gasteiger partial charge in [0.1, 0.15) is 6.33 Å². The van der Waals surface area contributed by atoms with Crippen LogP contribution in [0.5, 0.6) is 0 Å². The van der Waals surface area contributed by atoms with Crippen molar-refractivity contribution in [2.24, 2.45) is 0 Å². The van der Waals surface area contributed by atoms with Gasteiger partial charge in [0.2, 0.25) is 0 Å². The molecule has 62 valence electrons. The van der Waals surface area contributed by atoms with E-state index in [1.54, 1.807) is 11.9 Å². The maximum absolute atomic E-state index is 4.28. The Morgan fingerprint density at radius 2 is 2.25 bits per heavy atom. The Bertz CT molecular complexity index is 381. The van der Waals surface area contributed by atoms with Crippen molar-refractivity contribution in [3.8, 4) is 0 Å². The van der Waals surface area contributed by atoms with Gasteiger partial charge in [0.15, 0.2) is 0 Å². The fourth-order valence-corrected chi connectivity index (χ4v) is 1.86. The second kappa shape index (κ2) is 3.19. The predicted octanol–water partition coefficient (Wildman–Crippen LogP) is 2.55. The molecule has 0 spiro atoms. The van der Waals surface area contributed by atoms with Crippen molar-refractivity contribution < 1.29 is 0 Å². The molecule has 2 aromatic rings. The first-order valence-electron chi connectivity index (χ1n) is 3.97. The second-order valence-electron chi connectivity index (χ2n) is 2.48. The maximum Gasteiger partial charge on any atom is 0.106 e. The lowest BCUT2D eigenvalue weighted by molar-refractivity contribution is 1.26. The number of aromatic nitrogens is 2. The molecule has 0 aliphatic rings. The molecular weight excluding hydrogens is 168 g/mol. The summed E-state index contributed by atoms with van der Waals surface area (Å²) in [5, 5.41) is 0. The van der Waals surface area contributed by atoms with Crippen molar-refractivity contribution in [3.05, 3.63) is 30.6 Å². The van der Waals surface area contributed by atoms with Gasteiger partial charge in [-0.25, -0.2) is 4.98 Å². The number of imidazole rings is 1. The van der Waals surface area contributed by atoms with E-state index in [0.29, 0.717) is 0 Å². The monoisotopic (exact) mass is 178 g/mol. The van der Waals surface area contributed by atoms with Crippen molar-refractivity contribution in [1.82, 2.24) is 8.96 Å². The molecule has 0 bridgehead atoms. The van der Waals surface area contributed by atoms with E-state index >= 15 is 0 Å². The molecule has 0 saturated carbocycles. The lowest BCUT2D eigenvalue weighted by Crippen LogP contribution is -1.83. The highest BCUT2D eigenvalue weighted by Crippen LogP contribution is 2.17. The summed E-state index contributed by atoms with van der Waals surface area (Å²) in [6.07, 6.45) is 1.87. The van der Waals surface area contributed by atoms with E-state index < -0.39 is 0 Å². The first-order chi connectivity index (χ1) is 5.92. The van der Waals surface area contributed by atoms with Gasteiger partial charge in [-0.05, 0) is 24.1 Å². The minimum Gasteiger partial charge on any atom is -0.272 e. The van der Waals surface area contributed by atoms with Gasteiger partial charge in [-0.3, -0.25) is 3.97 Å². The van der Waals surface area contributed by atoms with Crippen LogP contribution in [0.25, 0.3) is 11.0 Å². The summed E-state index contributed by atoms with van der Waals surface area (Å²) in [5.41, 5.74) is 2.27. The third-order valence-electron chi connectivity index (χ3n) is 1.69. The zero-order valence-electron chi connectivity index (χ0n) is 6.90. The normalized spacial score (nSPS) is 10.8. The summed E-state index contributed by atoms with van der Waals surface area (Å²) >= 11 is 1.77. The lowest BCUT2D eigenvalue weighted by atomic mass is 10.3. The molecule has 0 aliphatic carbocycles. The number of fused-ring (bicyclic) bond motifs is 1. The summed E-state index contributed by atoms with van der Waals surface area (Å²) in [6, 6.07) is 8.17. The molecule has 3 heteroatoms. The van der Waals surface area contributed by atoms with E-state index in [1.165, 1.54) is 5.52 Å². The minimum absolute atomic E-state index is 1.07. The molecule has 2 nitrogen and oxygen atoms in total. The SMILES string of the molecule is CCSn1cnc2ccccc21. The molecule has 1 heterocycles. The Kier molecular flexibility index (Phi) is 2.04. The van der Waals surface area contributed by atoms with Crippen molar-refractivity contribution >= 4 is 23.0 Å². The Labute approximate surface area is 75.7 Å². The van der Waals surface area contributed by atoms with Gasteiger partial charge < -0.3 is 0 Å². The summed E-state index contributed by atoms with van der Waals surface area (Å²) in [6.45, 7) is 2.14. The average Bonchev–Trinajstić information content (AvgIpc) is 2.50. The molecule has 0 amide bonds. The van der Waals surface area contributed by atoms with E-state index in [2.05, 4.69) is 21.9 Å². The van der Waals surface area contributed by atoms with Crippen LogP contribution in [0.4, 0.5) is 0 Å². The Morgan fingerprint density at radius 3 is 3.08 bits per heavy atom. The number of hydrogen-bond acceptors (Lipinski definition) is 2. The van der Waals surface area contributed by atoms with Crippen LogP contribution in [-0.2, 0) is 0 Å². The fourth-order valence-electron chi connectivity index (χ4n) is 1.18. The molecule has 1 aromatic carbocycles. The first-order valence-corrected chi connectivity index (χ1v) is 4.91. The van der Waals surface area contributed by atoms with Crippen molar-refractivity contribution in [3.63, 3.8) is 0 Å². The number of hydrogen-bond donors (Lipinski definition) is 0. The Morgan fingerprint density at radius 1 is 1.42 bits per heavy atom.